The molecule has 1 aliphatic rings. The highest BCUT2D eigenvalue weighted by Gasteiger charge is 2.13. The second-order valence-electron chi connectivity index (χ2n) is 5.58. The minimum atomic E-state index is -0.282. The maximum atomic E-state index is 12.1. The summed E-state index contributed by atoms with van der Waals surface area (Å²) in [6.07, 6.45) is 6.79. The predicted molar refractivity (Wildman–Crippen MR) is 84.1 cm³/mol. The molecule has 1 N–H and O–H groups in total. The molecule has 6 nitrogen and oxygen atoms in total. The molecule has 0 saturated carbocycles. The average molecular weight is 300 g/mol. The number of carbonyl (C=O) groups excluding carboxylic acids is 1. The Morgan fingerprint density at radius 1 is 1.23 bits per heavy atom. The zero-order chi connectivity index (χ0) is 15.4. The summed E-state index contributed by atoms with van der Waals surface area (Å²) in [5.41, 5.74) is 1.45. The number of aromatic nitrogens is 2. The Hall–Kier alpha value is -2.37. The van der Waals surface area contributed by atoms with E-state index < -0.39 is 0 Å². The van der Waals surface area contributed by atoms with Crippen LogP contribution in [0.1, 0.15) is 41.9 Å². The van der Waals surface area contributed by atoms with E-state index in [1.165, 1.54) is 25.7 Å². The molecular weight excluding hydrogens is 280 g/mol. The van der Waals surface area contributed by atoms with Crippen LogP contribution in [0.15, 0.2) is 28.9 Å². The molecule has 0 aliphatic carbocycles. The van der Waals surface area contributed by atoms with E-state index in [4.69, 9.17) is 4.52 Å². The van der Waals surface area contributed by atoms with E-state index in [-0.39, 0.29) is 5.91 Å². The van der Waals surface area contributed by atoms with Gasteiger partial charge in [-0.15, -0.1) is 0 Å². The van der Waals surface area contributed by atoms with Gasteiger partial charge in [-0.25, -0.2) is 4.98 Å². The lowest BCUT2D eigenvalue weighted by atomic mass is 10.2. The number of rotatable bonds is 3. The van der Waals surface area contributed by atoms with Crippen LogP contribution >= 0.6 is 0 Å². The molecule has 0 atom stereocenters. The standard InChI is InChI=1S/C16H20N4O2/c1-12-10-15(19-22-12)18-16(21)14-7-6-13(11-17-14)20-8-4-2-3-5-9-20/h6-7,10-11H,2-5,8-9H2,1H3,(H,18,19,21). The summed E-state index contributed by atoms with van der Waals surface area (Å²) in [5.74, 6) is 0.774. The average Bonchev–Trinajstić information content (AvgIpc) is 2.78. The van der Waals surface area contributed by atoms with E-state index >= 15 is 0 Å². The van der Waals surface area contributed by atoms with Crippen LogP contribution in [-0.2, 0) is 0 Å². The number of nitrogens with zero attached hydrogens (tertiary/aromatic N) is 3. The molecule has 1 amide bonds. The smallest absolute Gasteiger partial charge is 0.275 e. The monoisotopic (exact) mass is 300 g/mol. The van der Waals surface area contributed by atoms with Crippen molar-refractivity contribution >= 4 is 17.4 Å². The Kier molecular flexibility index (Phi) is 4.37. The highest BCUT2D eigenvalue weighted by molar-refractivity contribution is 6.02. The quantitative estimate of drug-likeness (QED) is 0.943. The van der Waals surface area contributed by atoms with Crippen LogP contribution in [-0.4, -0.2) is 29.1 Å². The first kappa shape index (κ1) is 14.6. The maximum absolute atomic E-state index is 12.1. The molecule has 3 rings (SSSR count). The Labute approximate surface area is 129 Å². The van der Waals surface area contributed by atoms with Crippen molar-refractivity contribution in [1.82, 2.24) is 10.1 Å². The lowest BCUT2D eigenvalue weighted by Gasteiger charge is -2.22. The molecule has 0 spiro atoms. The van der Waals surface area contributed by atoms with E-state index in [0.29, 0.717) is 17.3 Å². The number of hydrogen-bond acceptors (Lipinski definition) is 5. The highest BCUT2D eigenvalue weighted by atomic mass is 16.5. The van der Waals surface area contributed by atoms with E-state index in [1.54, 1.807) is 25.3 Å². The zero-order valence-electron chi connectivity index (χ0n) is 12.7. The number of nitrogens with one attached hydrogen (secondary N) is 1. The number of carbonyl (C=O) groups is 1. The van der Waals surface area contributed by atoms with Gasteiger partial charge in [-0.05, 0) is 31.9 Å². The van der Waals surface area contributed by atoms with Gasteiger partial charge in [0.25, 0.3) is 5.91 Å². The first-order valence-corrected chi connectivity index (χ1v) is 7.68. The Balaban J connectivity index is 1.66. The van der Waals surface area contributed by atoms with Crippen molar-refractivity contribution in [3.8, 4) is 0 Å². The predicted octanol–water partition coefficient (Wildman–Crippen LogP) is 3.01. The second-order valence-corrected chi connectivity index (χ2v) is 5.58. The summed E-state index contributed by atoms with van der Waals surface area (Å²) in [4.78, 5) is 18.7. The van der Waals surface area contributed by atoms with Crippen LogP contribution in [0.5, 0.6) is 0 Å². The minimum Gasteiger partial charge on any atom is -0.370 e. The van der Waals surface area contributed by atoms with Crippen molar-refractivity contribution in [1.29, 1.82) is 0 Å². The second kappa shape index (κ2) is 6.60. The van der Waals surface area contributed by atoms with Gasteiger partial charge < -0.3 is 14.7 Å². The minimum absolute atomic E-state index is 0.282. The first-order valence-electron chi connectivity index (χ1n) is 7.68. The summed E-state index contributed by atoms with van der Waals surface area (Å²) < 4.78 is 4.92. The molecule has 22 heavy (non-hydrogen) atoms. The summed E-state index contributed by atoms with van der Waals surface area (Å²) in [6, 6.07) is 5.38. The van der Waals surface area contributed by atoms with Gasteiger partial charge in [-0.1, -0.05) is 18.0 Å². The summed E-state index contributed by atoms with van der Waals surface area (Å²) in [5, 5.41) is 6.41. The van der Waals surface area contributed by atoms with Gasteiger partial charge in [0.1, 0.15) is 11.5 Å². The lowest BCUT2D eigenvalue weighted by molar-refractivity contribution is 0.102. The molecule has 0 aromatic carbocycles. The highest BCUT2D eigenvalue weighted by Crippen LogP contribution is 2.19. The summed E-state index contributed by atoms with van der Waals surface area (Å²) in [6.45, 7) is 3.90. The van der Waals surface area contributed by atoms with Gasteiger partial charge in [0, 0.05) is 19.2 Å². The lowest BCUT2D eigenvalue weighted by Crippen LogP contribution is -2.24. The molecule has 2 aromatic rings. The number of aryl methyl sites for hydroxylation is 1. The number of amides is 1. The van der Waals surface area contributed by atoms with Crippen molar-refractivity contribution in [2.24, 2.45) is 0 Å². The molecule has 1 saturated heterocycles. The van der Waals surface area contributed by atoms with Crippen molar-refractivity contribution in [2.75, 3.05) is 23.3 Å². The fraction of sp³-hybridized carbons (Fsp3) is 0.438. The van der Waals surface area contributed by atoms with E-state index in [9.17, 15) is 4.79 Å². The largest absolute Gasteiger partial charge is 0.370 e. The first-order chi connectivity index (χ1) is 10.7. The van der Waals surface area contributed by atoms with Gasteiger partial charge in [-0.3, -0.25) is 4.79 Å². The summed E-state index contributed by atoms with van der Waals surface area (Å²) >= 11 is 0. The Morgan fingerprint density at radius 3 is 2.59 bits per heavy atom. The van der Waals surface area contributed by atoms with Crippen molar-refractivity contribution in [3.05, 3.63) is 35.9 Å². The SMILES string of the molecule is Cc1cc(NC(=O)c2ccc(N3CCCCCC3)cn2)no1. The number of pyridine rings is 1. The Morgan fingerprint density at radius 2 is 2.00 bits per heavy atom. The molecule has 2 aromatic heterocycles. The molecule has 1 aliphatic heterocycles. The van der Waals surface area contributed by atoms with Crippen LogP contribution in [0.3, 0.4) is 0 Å². The van der Waals surface area contributed by atoms with Gasteiger partial charge in [-0.2, -0.15) is 0 Å². The maximum Gasteiger partial charge on any atom is 0.275 e. The zero-order valence-corrected chi connectivity index (χ0v) is 12.7. The van der Waals surface area contributed by atoms with Crippen LogP contribution in [0.4, 0.5) is 11.5 Å². The number of hydrogen-bond donors (Lipinski definition) is 1. The third-order valence-electron chi connectivity index (χ3n) is 3.82. The third kappa shape index (κ3) is 3.44. The molecule has 0 unspecified atom stereocenters. The molecular formula is C16H20N4O2. The van der Waals surface area contributed by atoms with Gasteiger partial charge in [0.15, 0.2) is 5.82 Å². The van der Waals surface area contributed by atoms with Crippen LogP contribution in [0.2, 0.25) is 0 Å². The van der Waals surface area contributed by atoms with Crippen LogP contribution in [0.25, 0.3) is 0 Å². The van der Waals surface area contributed by atoms with Gasteiger partial charge in [0.2, 0.25) is 0 Å². The van der Waals surface area contributed by atoms with Crippen molar-refractivity contribution < 1.29 is 9.32 Å². The topological polar surface area (TPSA) is 71.3 Å². The fourth-order valence-corrected chi connectivity index (χ4v) is 2.64. The molecule has 3 heterocycles. The molecule has 0 bridgehead atoms. The Bertz CT molecular complexity index is 628. The molecule has 1 fully saturated rings. The molecule has 0 radical (unpaired) electrons. The third-order valence-corrected chi connectivity index (χ3v) is 3.82. The summed E-state index contributed by atoms with van der Waals surface area (Å²) in [7, 11) is 0. The van der Waals surface area contributed by atoms with Gasteiger partial charge in [0.05, 0.1) is 11.9 Å². The molecule has 116 valence electrons. The van der Waals surface area contributed by atoms with E-state index in [1.807, 2.05) is 6.07 Å². The normalized spacial score (nSPS) is 15.4. The van der Waals surface area contributed by atoms with Crippen LogP contribution in [0, 0.1) is 6.92 Å². The molecule has 6 heteroatoms. The fourth-order valence-electron chi connectivity index (χ4n) is 2.64. The number of anilines is 2. The van der Waals surface area contributed by atoms with E-state index in [2.05, 4.69) is 20.4 Å². The van der Waals surface area contributed by atoms with E-state index in [0.717, 1.165) is 18.8 Å². The van der Waals surface area contributed by atoms with Crippen molar-refractivity contribution in [2.45, 2.75) is 32.6 Å². The van der Waals surface area contributed by atoms with Gasteiger partial charge >= 0.3 is 0 Å². The van der Waals surface area contributed by atoms with Crippen molar-refractivity contribution in [3.63, 3.8) is 0 Å². The van der Waals surface area contributed by atoms with Crippen LogP contribution < -0.4 is 10.2 Å².